The van der Waals surface area contributed by atoms with Crippen LogP contribution in [0.5, 0.6) is 0 Å². The molecule has 0 atom stereocenters. The summed E-state index contributed by atoms with van der Waals surface area (Å²) in [6.07, 6.45) is 5.25. The molecule has 2 aromatic heterocycles. The fourth-order valence-corrected chi connectivity index (χ4v) is 3.06. The summed E-state index contributed by atoms with van der Waals surface area (Å²) in [6.45, 7) is 0. The van der Waals surface area contributed by atoms with Gasteiger partial charge in [0, 0.05) is 10.9 Å². The van der Waals surface area contributed by atoms with Crippen molar-refractivity contribution >= 4 is 22.7 Å². The van der Waals surface area contributed by atoms with Gasteiger partial charge in [-0.05, 0) is 11.1 Å². The summed E-state index contributed by atoms with van der Waals surface area (Å²) in [5.74, 6) is 0. The largest absolute Gasteiger partial charge is 0.345 e. The van der Waals surface area contributed by atoms with E-state index in [2.05, 4.69) is 25.5 Å². The molecule has 122 valence electrons. The predicted octanol–water partition coefficient (Wildman–Crippen LogP) is 4.65. The number of hydrazone groups is 1. The second-order valence-electron chi connectivity index (χ2n) is 5.36. The number of anilines is 1. The van der Waals surface area contributed by atoms with E-state index in [1.807, 2.05) is 60.0 Å². The maximum atomic E-state index is 4.54. The minimum atomic E-state index is 0.768. The first-order valence-electron chi connectivity index (χ1n) is 7.77. The molecule has 0 radical (unpaired) electrons. The maximum absolute atomic E-state index is 4.54. The Bertz CT molecular complexity index is 957. The van der Waals surface area contributed by atoms with Crippen LogP contribution in [0.15, 0.2) is 77.6 Å². The molecule has 0 aliphatic carbocycles. The molecule has 4 aromatic rings. The Balaban J connectivity index is 1.40. The smallest absolute Gasteiger partial charge is 0.203 e. The highest BCUT2D eigenvalue weighted by Crippen LogP contribution is 2.24. The molecule has 5 nitrogen and oxygen atoms in total. The zero-order valence-electron chi connectivity index (χ0n) is 13.3. The minimum Gasteiger partial charge on any atom is -0.345 e. The number of aromatic amines is 1. The molecular weight excluding hydrogens is 330 g/mol. The lowest BCUT2D eigenvalue weighted by atomic mass is 10.1. The van der Waals surface area contributed by atoms with Crippen LogP contribution >= 0.6 is 11.3 Å². The van der Waals surface area contributed by atoms with E-state index in [0.29, 0.717) is 0 Å². The van der Waals surface area contributed by atoms with Crippen molar-refractivity contribution in [2.45, 2.75) is 0 Å². The van der Waals surface area contributed by atoms with Gasteiger partial charge in [-0.2, -0.15) is 5.10 Å². The molecule has 4 rings (SSSR count). The van der Waals surface area contributed by atoms with E-state index < -0.39 is 0 Å². The fraction of sp³-hybridized carbons (Fsp3) is 0. The molecule has 0 saturated heterocycles. The predicted molar refractivity (Wildman–Crippen MR) is 103 cm³/mol. The van der Waals surface area contributed by atoms with Gasteiger partial charge in [-0.3, -0.25) is 5.43 Å². The van der Waals surface area contributed by atoms with Crippen LogP contribution < -0.4 is 5.43 Å². The molecule has 2 aromatic carbocycles. The first-order chi connectivity index (χ1) is 12.4. The second-order valence-corrected chi connectivity index (χ2v) is 6.22. The summed E-state index contributed by atoms with van der Waals surface area (Å²) in [5.41, 5.74) is 8.14. The summed E-state index contributed by atoms with van der Waals surface area (Å²) in [7, 11) is 0. The minimum absolute atomic E-state index is 0.768. The van der Waals surface area contributed by atoms with Crippen molar-refractivity contribution in [3.05, 3.63) is 78.1 Å². The quantitative estimate of drug-likeness (QED) is 0.409. The normalized spacial score (nSPS) is 11.0. The van der Waals surface area contributed by atoms with Crippen LogP contribution in [0.3, 0.4) is 0 Å². The SMILES string of the molecule is C(=NNc1nc(-c2ccccc2)cs1)c1ccc(-c2cnc[nH]2)cc1. The molecule has 0 fully saturated rings. The monoisotopic (exact) mass is 345 g/mol. The Hall–Kier alpha value is -3.25. The zero-order valence-corrected chi connectivity index (χ0v) is 14.1. The van der Waals surface area contributed by atoms with Gasteiger partial charge in [0.1, 0.15) is 0 Å². The molecule has 0 aliphatic heterocycles. The highest BCUT2D eigenvalue weighted by Gasteiger charge is 2.03. The number of hydrogen-bond donors (Lipinski definition) is 2. The summed E-state index contributed by atoms with van der Waals surface area (Å²) in [5, 5.41) is 7.05. The Morgan fingerprint density at radius 3 is 2.60 bits per heavy atom. The molecule has 2 heterocycles. The van der Waals surface area contributed by atoms with Gasteiger partial charge >= 0.3 is 0 Å². The molecule has 25 heavy (non-hydrogen) atoms. The van der Waals surface area contributed by atoms with Crippen molar-refractivity contribution in [1.82, 2.24) is 15.0 Å². The van der Waals surface area contributed by atoms with Gasteiger partial charge in [0.2, 0.25) is 5.13 Å². The Labute approximate surface area is 149 Å². The Kier molecular flexibility index (Phi) is 4.35. The molecule has 0 bridgehead atoms. The lowest BCUT2D eigenvalue weighted by molar-refractivity contribution is 1.29. The number of nitrogens with one attached hydrogen (secondary N) is 2. The van der Waals surface area contributed by atoms with E-state index in [1.165, 1.54) is 11.3 Å². The van der Waals surface area contributed by atoms with Crippen LogP contribution in [-0.2, 0) is 0 Å². The molecule has 2 N–H and O–H groups in total. The molecule has 0 aliphatic rings. The van der Waals surface area contributed by atoms with Gasteiger partial charge in [0.15, 0.2) is 0 Å². The van der Waals surface area contributed by atoms with Crippen molar-refractivity contribution in [2.24, 2.45) is 5.10 Å². The van der Waals surface area contributed by atoms with Gasteiger partial charge in [-0.25, -0.2) is 9.97 Å². The molecule has 0 amide bonds. The average Bonchev–Trinajstić information content (AvgIpc) is 3.35. The second kappa shape index (κ2) is 7.11. The highest BCUT2D eigenvalue weighted by molar-refractivity contribution is 7.14. The summed E-state index contributed by atoms with van der Waals surface area (Å²) >= 11 is 1.53. The number of hydrogen-bond acceptors (Lipinski definition) is 5. The van der Waals surface area contributed by atoms with Crippen LogP contribution in [0.25, 0.3) is 22.5 Å². The topological polar surface area (TPSA) is 66.0 Å². The number of benzene rings is 2. The standard InChI is InChI=1S/C19H15N5S/c1-2-4-15(5-3-1)18-12-25-19(23-18)24-22-10-14-6-8-16(9-7-14)17-11-20-13-21-17/h1-13H,(H,20,21)(H,23,24). The van der Waals surface area contributed by atoms with Crippen LogP contribution in [0.2, 0.25) is 0 Å². The number of aromatic nitrogens is 3. The molecule has 6 heteroatoms. The zero-order chi connectivity index (χ0) is 16.9. The van der Waals surface area contributed by atoms with Gasteiger partial charge in [0.05, 0.1) is 30.1 Å². The van der Waals surface area contributed by atoms with Crippen LogP contribution in [0.1, 0.15) is 5.56 Å². The van der Waals surface area contributed by atoms with Gasteiger partial charge in [0.25, 0.3) is 0 Å². The summed E-state index contributed by atoms with van der Waals surface area (Å²) in [6, 6.07) is 18.2. The number of rotatable bonds is 5. The molecular formula is C19H15N5S. The van der Waals surface area contributed by atoms with E-state index >= 15 is 0 Å². The van der Waals surface area contributed by atoms with E-state index in [1.54, 1.807) is 18.7 Å². The molecule has 0 saturated carbocycles. The molecule has 0 spiro atoms. The lowest BCUT2D eigenvalue weighted by Gasteiger charge is -1.98. The van der Waals surface area contributed by atoms with Crippen molar-refractivity contribution in [1.29, 1.82) is 0 Å². The third kappa shape index (κ3) is 3.64. The Morgan fingerprint density at radius 1 is 1.00 bits per heavy atom. The van der Waals surface area contributed by atoms with Gasteiger partial charge < -0.3 is 4.98 Å². The summed E-state index contributed by atoms with van der Waals surface area (Å²) < 4.78 is 0. The number of H-pyrrole nitrogens is 1. The number of nitrogens with zero attached hydrogens (tertiary/aromatic N) is 3. The third-order valence-electron chi connectivity index (χ3n) is 3.67. The average molecular weight is 345 g/mol. The van der Waals surface area contributed by atoms with Crippen molar-refractivity contribution in [3.63, 3.8) is 0 Å². The van der Waals surface area contributed by atoms with E-state index in [9.17, 15) is 0 Å². The first-order valence-corrected chi connectivity index (χ1v) is 8.65. The lowest BCUT2D eigenvalue weighted by Crippen LogP contribution is -1.90. The molecule has 0 unspecified atom stereocenters. The fourth-order valence-electron chi connectivity index (χ4n) is 2.39. The number of imidazole rings is 1. The van der Waals surface area contributed by atoms with E-state index in [4.69, 9.17) is 0 Å². The van der Waals surface area contributed by atoms with Crippen LogP contribution in [-0.4, -0.2) is 21.2 Å². The van der Waals surface area contributed by atoms with Crippen LogP contribution in [0.4, 0.5) is 5.13 Å². The van der Waals surface area contributed by atoms with Gasteiger partial charge in [-0.1, -0.05) is 54.6 Å². The van der Waals surface area contributed by atoms with E-state index in [0.717, 1.165) is 33.2 Å². The first kappa shape index (κ1) is 15.3. The van der Waals surface area contributed by atoms with Crippen molar-refractivity contribution in [2.75, 3.05) is 5.43 Å². The Morgan fingerprint density at radius 2 is 1.84 bits per heavy atom. The summed E-state index contributed by atoms with van der Waals surface area (Å²) in [4.78, 5) is 11.7. The van der Waals surface area contributed by atoms with Gasteiger partial charge in [-0.15, -0.1) is 11.3 Å². The van der Waals surface area contributed by atoms with Crippen molar-refractivity contribution in [3.8, 4) is 22.5 Å². The van der Waals surface area contributed by atoms with Crippen molar-refractivity contribution < 1.29 is 0 Å². The maximum Gasteiger partial charge on any atom is 0.203 e. The number of thiazole rings is 1. The third-order valence-corrected chi connectivity index (χ3v) is 4.41. The van der Waals surface area contributed by atoms with Crippen LogP contribution in [0, 0.1) is 0 Å². The van der Waals surface area contributed by atoms with E-state index in [-0.39, 0.29) is 0 Å². The highest BCUT2D eigenvalue weighted by atomic mass is 32.1.